The van der Waals surface area contributed by atoms with Crippen LogP contribution in [0.25, 0.3) is 0 Å². The van der Waals surface area contributed by atoms with Crippen LogP contribution in [0, 0.1) is 35.5 Å². The number of piperidine rings is 1. The highest BCUT2D eigenvalue weighted by Crippen LogP contribution is 2.60. The number of fused-ring (bicyclic) bond motifs is 5. The van der Waals surface area contributed by atoms with Gasteiger partial charge >= 0.3 is 0 Å². The van der Waals surface area contributed by atoms with Crippen LogP contribution in [0.2, 0.25) is 0 Å². The van der Waals surface area contributed by atoms with Crippen LogP contribution < -0.4 is 0 Å². The highest BCUT2D eigenvalue weighted by Gasteiger charge is 2.58. The minimum atomic E-state index is -0.0341. The maximum Gasteiger partial charge on any atom is 0.137 e. The highest BCUT2D eigenvalue weighted by atomic mass is 16.5. The van der Waals surface area contributed by atoms with Gasteiger partial charge in [-0.15, -0.1) is 0 Å². The van der Waals surface area contributed by atoms with Crippen molar-refractivity contribution < 1.29 is 14.6 Å². The van der Waals surface area contributed by atoms with Crippen LogP contribution in [0.3, 0.4) is 0 Å². The molecule has 0 aromatic heterocycles. The summed E-state index contributed by atoms with van der Waals surface area (Å²) in [5.41, 5.74) is 6.56. The van der Waals surface area contributed by atoms with Crippen LogP contribution in [0.15, 0.2) is 22.3 Å². The first-order chi connectivity index (χ1) is 16.3. The summed E-state index contributed by atoms with van der Waals surface area (Å²) in [7, 11) is 0. The second-order valence-electron chi connectivity index (χ2n) is 13.1. The number of nitrogens with zero attached hydrogens (tertiary/aromatic N) is 1. The lowest BCUT2D eigenvalue weighted by molar-refractivity contribution is -0.119. The van der Waals surface area contributed by atoms with Crippen molar-refractivity contribution >= 4 is 5.78 Å². The molecule has 0 amide bonds. The fraction of sp³-hybridized carbons (Fsp3) is 0.833. The lowest BCUT2D eigenvalue weighted by Crippen LogP contribution is -2.52. The van der Waals surface area contributed by atoms with Gasteiger partial charge in [0.05, 0.1) is 18.3 Å². The Morgan fingerprint density at radius 3 is 2.76 bits per heavy atom. The summed E-state index contributed by atoms with van der Waals surface area (Å²) >= 11 is 0. The maximum atomic E-state index is 12.3. The van der Waals surface area contributed by atoms with Gasteiger partial charge in [0.15, 0.2) is 0 Å². The van der Waals surface area contributed by atoms with Gasteiger partial charge in [-0.1, -0.05) is 43.1 Å². The lowest BCUT2D eigenvalue weighted by atomic mass is 9.66. The van der Waals surface area contributed by atoms with E-state index in [1.54, 1.807) is 16.7 Å². The van der Waals surface area contributed by atoms with Gasteiger partial charge in [0.25, 0.3) is 0 Å². The molecule has 6 aliphatic rings. The number of ether oxygens (including phenoxy) is 1. The van der Waals surface area contributed by atoms with E-state index in [0.29, 0.717) is 47.5 Å². The Bertz CT molecular complexity index is 920. The number of rotatable bonds is 2. The number of hydrogen-bond donors (Lipinski definition) is 1. The molecule has 2 saturated heterocycles. The molecule has 2 aliphatic heterocycles. The number of β-amino-alcohol motifs (C(OH)–C–C–N with tert-alkyl or cyclic N) is 1. The molecule has 1 spiro atoms. The molecule has 34 heavy (non-hydrogen) atoms. The minimum Gasteiger partial charge on any atom is -0.395 e. The average molecular weight is 468 g/mol. The second kappa shape index (κ2) is 8.56. The third kappa shape index (κ3) is 3.53. The van der Waals surface area contributed by atoms with Crippen molar-refractivity contribution in [2.75, 3.05) is 19.7 Å². The molecule has 0 unspecified atom stereocenters. The summed E-state index contributed by atoms with van der Waals surface area (Å²) < 4.78 is 7.12. The average Bonchev–Trinajstić information content (AvgIpc) is 3.22. The monoisotopic (exact) mass is 467 g/mol. The molecule has 0 bridgehead atoms. The molecule has 0 aromatic carbocycles. The number of hydrogen-bond acceptors (Lipinski definition) is 4. The van der Waals surface area contributed by atoms with Gasteiger partial charge < -0.3 is 9.84 Å². The summed E-state index contributed by atoms with van der Waals surface area (Å²) in [6.07, 6.45) is 10.2. The minimum absolute atomic E-state index is 0.0341. The zero-order chi connectivity index (χ0) is 23.8. The van der Waals surface area contributed by atoms with Crippen LogP contribution in [0.5, 0.6) is 0 Å². The zero-order valence-corrected chi connectivity index (χ0v) is 21.8. The molecule has 1 N–H and O–H groups in total. The molecule has 0 aromatic rings. The van der Waals surface area contributed by atoms with E-state index in [-0.39, 0.29) is 12.2 Å². The van der Waals surface area contributed by atoms with Crippen molar-refractivity contribution in [1.82, 2.24) is 4.90 Å². The number of allylic oxidation sites excluding steroid dienone is 3. The number of likely N-dealkylation sites (tertiary alicyclic amines) is 1. The second-order valence-corrected chi connectivity index (χ2v) is 13.1. The molecule has 3 fully saturated rings. The van der Waals surface area contributed by atoms with Gasteiger partial charge in [0.1, 0.15) is 5.78 Å². The van der Waals surface area contributed by atoms with Crippen molar-refractivity contribution in [3.63, 3.8) is 0 Å². The zero-order valence-electron chi connectivity index (χ0n) is 21.8. The maximum absolute atomic E-state index is 12.3. The fourth-order valence-corrected chi connectivity index (χ4v) is 9.87. The van der Waals surface area contributed by atoms with E-state index in [4.69, 9.17) is 4.74 Å². The SMILES string of the molecule is CC1=C2C[C@@H]3C4=C(CC[C@H]3[C@@H]2CC[C@@]2(C1)O[C@@H]1C[C@H](C)CN(CCO)[C@H]1[C@H]2C)CC(=O)C[C@H]4C. The van der Waals surface area contributed by atoms with Crippen LogP contribution in [0.4, 0.5) is 0 Å². The van der Waals surface area contributed by atoms with Crippen molar-refractivity contribution in [3.05, 3.63) is 22.3 Å². The lowest BCUT2D eigenvalue weighted by Gasteiger charge is -2.41. The highest BCUT2D eigenvalue weighted by molar-refractivity contribution is 5.83. The molecule has 6 rings (SSSR count). The van der Waals surface area contributed by atoms with Crippen LogP contribution in [-0.2, 0) is 9.53 Å². The van der Waals surface area contributed by atoms with E-state index in [2.05, 4.69) is 32.6 Å². The van der Waals surface area contributed by atoms with E-state index in [1.807, 2.05) is 0 Å². The van der Waals surface area contributed by atoms with Crippen molar-refractivity contribution in [2.24, 2.45) is 35.5 Å². The molecule has 1 saturated carbocycles. The van der Waals surface area contributed by atoms with Gasteiger partial charge in [0, 0.05) is 37.9 Å². The molecule has 188 valence electrons. The van der Waals surface area contributed by atoms with Crippen LogP contribution >= 0.6 is 0 Å². The number of aliphatic hydroxyl groups excluding tert-OH is 1. The fourth-order valence-electron chi connectivity index (χ4n) is 9.87. The molecule has 4 aliphatic carbocycles. The molecule has 4 heteroatoms. The summed E-state index contributed by atoms with van der Waals surface area (Å²) in [4.78, 5) is 14.8. The van der Waals surface area contributed by atoms with Gasteiger partial charge in [-0.05, 0) is 81.5 Å². The normalized spacial score (nSPS) is 46.9. The first-order valence-electron chi connectivity index (χ1n) is 14.3. The number of carbonyl (C=O) groups excluding carboxylic acids is 1. The third-order valence-corrected chi connectivity index (χ3v) is 11.1. The summed E-state index contributed by atoms with van der Waals surface area (Å²) in [6, 6.07) is 0.454. The molecular weight excluding hydrogens is 422 g/mol. The molecule has 2 heterocycles. The van der Waals surface area contributed by atoms with Crippen LogP contribution in [0.1, 0.15) is 85.5 Å². The van der Waals surface area contributed by atoms with Crippen molar-refractivity contribution in [3.8, 4) is 0 Å². The molecular formula is C30H45NO3. The van der Waals surface area contributed by atoms with E-state index in [1.165, 1.54) is 31.3 Å². The molecule has 9 atom stereocenters. The summed E-state index contributed by atoms with van der Waals surface area (Å²) in [5, 5.41) is 9.72. The van der Waals surface area contributed by atoms with Gasteiger partial charge in [-0.25, -0.2) is 0 Å². The Kier molecular flexibility index (Phi) is 5.90. The first kappa shape index (κ1) is 23.4. The van der Waals surface area contributed by atoms with Crippen molar-refractivity contribution in [2.45, 2.75) is 103 Å². The van der Waals surface area contributed by atoms with E-state index < -0.39 is 0 Å². The Labute approximate surface area is 206 Å². The Hall–Kier alpha value is -0.970. The summed E-state index contributed by atoms with van der Waals surface area (Å²) in [6.45, 7) is 11.6. The first-order valence-corrected chi connectivity index (χ1v) is 14.3. The smallest absolute Gasteiger partial charge is 0.137 e. The predicted octanol–water partition coefficient (Wildman–Crippen LogP) is 5.30. The standard InChI is InChI=1S/C30H45NO3/c1-17-11-27-29(31(16-17)9-10-32)20(4)30(34-27)8-7-24-23-6-5-21-13-22(33)12-18(2)28(21)26(23)14-25(24)19(3)15-30/h17-18,20,23-24,26-27,29,32H,5-16H2,1-4H3/t17-,18+,20+,23-,24-,26-,27+,29-,30-/m0/s1. The largest absolute Gasteiger partial charge is 0.395 e. The van der Waals surface area contributed by atoms with Crippen LogP contribution in [-0.4, -0.2) is 53.2 Å². The molecule has 4 nitrogen and oxygen atoms in total. The number of aliphatic hydroxyl groups is 1. The summed E-state index contributed by atoms with van der Waals surface area (Å²) in [5.74, 6) is 4.25. The van der Waals surface area contributed by atoms with Crippen molar-refractivity contribution in [1.29, 1.82) is 0 Å². The quantitative estimate of drug-likeness (QED) is 0.560. The van der Waals surface area contributed by atoms with E-state index in [0.717, 1.165) is 51.1 Å². The number of carbonyl (C=O) groups is 1. The number of Topliss-reactive ketones (excluding diaryl/α,β-unsaturated/α-hetero) is 1. The number of ketones is 1. The topological polar surface area (TPSA) is 49.8 Å². The van der Waals surface area contributed by atoms with Gasteiger partial charge in [0.2, 0.25) is 0 Å². The third-order valence-electron chi connectivity index (χ3n) is 11.1. The van der Waals surface area contributed by atoms with Gasteiger partial charge in [-0.2, -0.15) is 0 Å². The van der Waals surface area contributed by atoms with E-state index in [9.17, 15) is 9.90 Å². The molecule has 0 radical (unpaired) electrons. The van der Waals surface area contributed by atoms with E-state index >= 15 is 0 Å². The Morgan fingerprint density at radius 1 is 1.15 bits per heavy atom. The Balaban J connectivity index is 1.28. The Morgan fingerprint density at radius 2 is 1.97 bits per heavy atom. The van der Waals surface area contributed by atoms with Gasteiger partial charge in [-0.3, -0.25) is 9.69 Å². The predicted molar refractivity (Wildman–Crippen MR) is 134 cm³/mol.